The smallest absolute Gasteiger partial charge is 0.350 e. The molecule has 40 heavy (non-hydrogen) atoms. The molecule has 210 valence electrons. The van der Waals surface area contributed by atoms with E-state index in [1.165, 1.54) is 19.1 Å². The lowest BCUT2D eigenvalue weighted by Gasteiger charge is -2.25. The van der Waals surface area contributed by atoms with Gasteiger partial charge in [0.1, 0.15) is 33.9 Å². The van der Waals surface area contributed by atoms with E-state index in [0.717, 1.165) is 11.3 Å². The van der Waals surface area contributed by atoms with Crippen molar-refractivity contribution in [1.82, 2.24) is 4.98 Å². The van der Waals surface area contributed by atoms with Crippen molar-refractivity contribution in [1.29, 1.82) is 0 Å². The van der Waals surface area contributed by atoms with E-state index in [4.69, 9.17) is 18.9 Å². The Hall–Kier alpha value is -4.38. The number of benzene rings is 2. The van der Waals surface area contributed by atoms with Gasteiger partial charge >= 0.3 is 11.9 Å². The van der Waals surface area contributed by atoms with Crippen LogP contribution in [0.25, 0.3) is 5.76 Å². The zero-order chi connectivity index (χ0) is 29.1. The third-order valence-corrected chi connectivity index (χ3v) is 7.26. The summed E-state index contributed by atoms with van der Waals surface area (Å²) >= 11 is 0.924. The molecule has 0 bridgehead atoms. The highest BCUT2D eigenvalue weighted by molar-refractivity contribution is 7.17. The number of hydrogen-bond acceptors (Lipinski definition) is 10. The van der Waals surface area contributed by atoms with Crippen LogP contribution in [0.3, 0.4) is 0 Å². The Morgan fingerprint density at radius 3 is 2.35 bits per heavy atom. The van der Waals surface area contributed by atoms with Crippen molar-refractivity contribution in [3.8, 4) is 17.2 Å². The van der Waals surface area contributed by atoms with Crippen molar-refractivity contribution >= 4 is 39.9 Å². The van der Waals surface area contributed by atoms with Gasteiger partial charge in [0.15, 0.2) is 5.13 Å². The molecule has 1 aromatic heterocycles. The van der Waals surface area contributed by atoms with E-state index < -0.39 is 23.7 Å². The first-order valence-electron chi connectivity index (χ1n) is 12.6. The highest BCUT2D eigenvalue weighted by atomic mass is 32.1. The lowest BCUT2D eigenvalue weighted by Crippen LogP contribution is -2.29. The van der Waals surface area contributed by atoms with Crippen LogP contribution >= 0.6 is 11.3 Å². The number of thiazole rings is 1. The quantitative estimate of drug-likeness (QED) is 0.164. The maximum absolute atomic E-state index is 13.6. The monoisotopic (exact) mass is 566 g/mol. The predicted molar refractivity (Wildman–Crippen MR) is 149 cm³/mol. The summed E-state index contributed by atoms with van der Waals surface area (Å²) in [5, 5.41) is 11.6. The van der Waals surface area contributed by atoms with Gasteiger partial charge in [-0.05, 0) is 70.2 Å². The predicted octanol–water partition coefficient (Wildman–Crippen LogP) is 5.06. The summed E-state index contributed by atoms with van der Waals surface area (Å²) in [7, 11) is 2.94. The summed E-state index contributed by atoms with van der Waals surface area (Å²) in [6.07, 6.45) is -0.0495. The van der Waals surface area contributed by atoms with Crippen molar-refractivity contribution in [2.45, 2.75) is 39.8 Å². The van der Waals surface area contributed by atoms with Gasteiger partial charge in [0, 0.05) is 11.1 Å². The van der Waals surface area contributed by atoms with Gasteiger partial charge in [0.2, 0.25) is 0 Å². The van der Waals surface area contributed by atoms with E-state index in [9.17, 15) is 19.5 Å². The van der Waals surface area contributed by atoms with E-state index in [0.29, 0.717) is 34.1 Å². The summed E-state index contributed by atoms with van der Waals surface area (Å²) in [6, 6.07) is 10.3. The molecule has 4 rings (SSSR count). The fraction of sp³-hybridized carbons (Fsp3) is 0.310. The third-order valence-electron chi connectivity index (χ3n) is 6.13. The lowest BCUT2D eigenvalue weighted by atomic mass is 9.94. The molecular formula is C29H30N2O8S. The normalized spacial score (nSPS) is 16.4. The number of rotatable bonds is 9. The Balaban J connectivity index is 1.94. The highest BCUT2D eigenvalue weighted by Crippen LogP contribution is 2.47. The minimum absolute atomic E-state index is 0.0495. The van der Waals surface area contributed by atoms with Gasteiger partial charge in [-0.15, -0.1) is 0 Å². The fourth-order valence-electron chi connectivity index (χ4n) is 4.37. The number of aliphatic hydroxyl groups is 1. The average Bonchev–Trinajstić information content (AvgIpc) is 3.44. The van der Waals surface area contributed by atoms with Gasteiger partial charge < -0.3 is 24.1 Å². The van der Waals surface area contributed by atoms with Crippen LogP contribution in [0.4, 0.5) is 5.13 Å². The van der Waals surface area contributed by atoms with Gasteiger partial charge in [0.05, 0.1) is 38.2 Å². The Morgan fingerprint density at radius 2 is 1.75 bits per heavy atom. The van der Waals surface area contributed by atoms with Crippen LogP contribution in [-0.4, -0.2) is 54.7 Å². The van der Waals surface area contributed by atoms with Crippen molar-refractivity contribution in [3.63, 3.8) is 0 Å². The number of amides is 1. The SMILES string of the molecule is CCOC(=O)c1sc(N2C(=O)C(=O)/C(=C(/O)c3ccc(OC(C)C)cc3)C2c2cc(OC)ccc2OC)nc1C. The van der Waals surface area contributed by atoms with Crippen LogP contribution in [0, 0.1) is 6.92 Å². The largest absolute Gasteiger partial charge is 0.507 e. The van der Waals surface area contributed by atoms with Gasteiger partial charge in [-0.2, -0.15) is 0 Å². The summed E-state index contributed by atoms with van der Waals surface area (Å²) in [5.74, 6) is -1.42. The number of esters is 1. The Kier molecular flexibility index (Phi) is 8.43. The van der Waals surface area contributed by atoms with Crippen molar-refractivity contribution in [2.75, 3.05) is 25.7 Å². The summed E-state index contributed by atoms with van der Waals surface area (Å²) in [4.78, 5) is 45.5. The zero-order valence-electron chi connectivity index (χ0n) is 23.0. The number of carbonyl (C=O) groups is 3. The summed E-state index contributed by atoms with van der Waals surface area (Å²) < 4.78 is 21.8. The van der Waals surface area contributed by atoms with Crippen LogP contribution in [0.5, 0.6) is 17.2 Å². The molecule has 10 nitrogen and oxygen atoms in total. The maximum Gasteiger partial charge on any atom is 0.350 e. The van der Waals surface area contributed by atoms with Gasteiger partial charge in [-0.25, -0.2) is 9.78 Å². The topological polar surface area (TPSA) is 124 Å². The van der Waals surface area contributed by atoms with E-state index in [1.807, 2.05) is 13.8 Å². The molecule has 11 heteroatoms. The number of hydrogen-bond donors (Lipinski definition) is 1. The van der Waals surface area contributed by atoms with Gasteiger partial charge in [-0.3, -0.25) is 14.5 Å². The van der Waals surface area contributed by atoms with Crippen LogP contribution in [0.1, 0.15) is 53.3 Å². The Labute approximate surface area is 235 Å². The molecule has 1 saturated heterocycles. The number of methoxy groups -OCH3 is 2. The molecular weight excluding hydrogens is 536 g/mol. The van der Waals surface area contributed by atoms with Crippen LogP contribution < -0.4 is 19.1 Å². The molecule has 1 atom stereocenters. The number of ketones is 1. The first-order valence-corrected chi connectivity index (χ1v) is 13.4. The fourth-order valence-corrected chi connectivity index (χ4v) is 5.35. The number of aryl methyl sites for hydroxylation is 1. The third kappa shape index (κ3) is 5.37. The molecule has 1 fully saturated rings. The van der Waals surface area contributed by atoms with Crippen LogP contribution in [0.15, 0.2) is 48.0 Å². The molecule has 2 aromatic carbocycles. The average molecular weight is 567 g/mol. The number of aliphatic hydroxyl groups excluding tert-OH is 1. The first-order chi connectivity index (χ1) is 19.1. The number of Topliss-reactive ketones (excluding diaryl/α,β-unsaturated/α-hetero) is 1. The minimum atomic E-state index is -1.14. The van der Waals surface area contributed by atoms with Gasteiger partial charge in [-0.1, -0.05) is 11.3 Å². The van der Waals surface area contributed by atoms with Gasteiger partial charge in [0.25, 0.3) is 5.78 Å². The second-order valence-corrected chi connectivity index (χ2v) is 10.1. The molecule has 1 amide bonds. The van der Waals surface area contributed by atoms with Crippen LogP contribution in [-0.2, 0) is 14.3 Å². The molecule has 1 unspecified atom stereocenters. The molecule has 0 spiro atoms. The minimum Gasteiger partial charge on any atom is -0.507 e. The standard InChI is InChI=1S/C29H30N2O8S/c1-7-38-28(35)26-16(4)30-29(40-26)31-23(20-14-19(36-5)12-13-21(20)37-6)22(25(33)27(31)34)24(32)17-8-10-18(11-9-17)39-15(2)3/h8-15,23,32H,7H2,1-6H3/b24-22+. The maximum atomic E-state index is 13.6. The lowest BCUT2D eigenvalue weighted by molar-refractivity contribution is -0.132. The van der Waals surface area contributed by atoms with Crippen LogP contribution in [0.2, 0.25) is 0 Å². The molecule has 0 radical (unpaired) electrons. The summed E-state index contributed by atoms with van der Waals surface area (Å²) in [5.41, 5.74) is 0.869. The molecule has 0 aliphatic carbocycles. The number of ether oxygens (including phenoxy) is 4. The Morgan fingerprint density at radius 1 is 1.07 bits per heavy atom. The van der Waals surface area contributed by atoms with Crippen molar-refractivity contribution < 1.29 is 38.4 Å². The van der Waals surface area contributed by atoms with E-state index >= 15 is 0 Å². The van der Waals surface area contributed by atoms with Crippen molar-refractivity contribution in [2.24, 2.45) is 0 Å². The zero-order valence-corrected chi connectivity index (χ0v) is 23.8. The molecule has 1 aliphatic rings. The molecule has 2 heterocycles. The molecule has 0 saturated carbocycles. The molecule has 3 aromatic rings. The van der Waals surface area contributed by atoms with Crippen molar-refractivity contribution in [3.05, 3.63) is 69.7 Å². The second kappa shape index (κ2) is 11.8. The second-order valence-electron chi connectivity index (χ2n) is 9.10. The number of carbonyl (C=O) groups excluding carboxylic acids is 3. The highest BCUT2D eigenvalue weighted by Gasteiger charge is 2.49. The summed E-state index contributed by atoms with van der Waals surface area (Å²) in [6.45, 7) is 7.25. The molecule has 1 N–H and O–H groups in total. The molecule has 1 aliphatic heterocycles. The van der Waals surface area contributed by atoms with E-state index in [1.54, 1.807) is 56.3 Å². The first kappa shape index (κ1) is 28.6. The van der Waals surface area contributed by atoms with E-state index in [-0.39, 0.29) is 34.1 Å². The Bertz CT molecular complexity index is 1480. The number of anilines is 1. The van der Waals surface area contributed by atoms with E-state index in [2.05, 4.69) is 4.98 Å². The number of aromatic nitrogens is 1. The number of nitrogens with zero attached hydrogens (tertiary/aromatic N) is 2.